The summed E-state index contributed by atoms with van der Waals surface area (Å²) in [5.41, 5.74) is 4.08. The smallest absolute Gasteiger partial charge is 0.338 e. The molecule has 2 saturated heterocycles. The molecule has 424 valence electrons. The summed E-state index contributed by atoms with van der Waals surface area (Å²) >= 11 is 0. The van der Waals surface area contributed by atoms with Gasteiger partial charge in [0.2, 0.25) is 0 Å². The average Bonchev–Trinajstić information content (AvgIpc) is 3.57. The normalized spacial score (nSPS) is 22.1. The monoisotopic (exact) mass is 1120 g/mol. The molecule has 10 atom stereocenters. The standard InChI is InChI=1S/C68H62O15/c69-63(51-33-17-5-18-34-51)76-45-55-57(73-41-47-25-9-1-10-26-47)59(74-42-48-27-11-2-12-28-48)61(75-43-49-29-13-3-14-30-49)68(80-55)83-58-56(46-77-64(70)52-35-19-6-20-36-52)79-67(78-44-50-31-15-4-16-32-50)62(82-66(72)54-39-23-8-24-40-54)60(58)81-65(71)53-37-21-7-22-38-53/h1-40,55-62,67-68H,41-46H2/t55-,56-,57-,58+,59+,60+,61+,62-,67+,68-/m1/s1. The molecule has 0 amide bonds. The molecule has 0 spiro atoms. The second-order valence-electron chi connectivity index (χ2n) is 19.7. The Labute approximate surface area is 481 Å². The molecule has 0 radical (unpaired) electrons. The fraction of sp³-hybridized carbons (Fsp3) is 0.235. The van der Waals surface area contributed by atoms with Gasteiger partial charge in [-0.15, -0.1) is 0 Å². The number of rotatable bonds is 24. The molecule has 0 aromatic heterocycles. The Balaban J connectivity index is 1.10. The molecule has 8 aromatic carbocycles. The van der Waals surface area contributed by atoms with Gasteiger partial charge < -0.3 is 52.1 Å². The summed E-state index contributed by atoms with van der Waals surface area (Å²) in [6.07, 6.45) is -13.6. The van der Waals surface area contributed by atoms with Crippen LogP contribution in [-0.4, -0.2) is 98.5 Å². The summed E-state index contributed by atoms with van der Waals surface area (Å²) in [5, 5.41) is 0. The Morgan fingerprint density at radius 3 is 0.988 bits per heavy atom. The Hall–Kier alpha value is -8.64. The highest BCUT2D eigenvalue weighted by atomic mass is 16.8. The van der Waals surface area contributed by atoms with Crippen molar-refractivity contribution in [2.45, 2.75) is 87.8 Å². The van der Waals surface area contributed by atoms with Crippen LogP contribution < -0.4 is 0 Å². The van der Waals surface area contributed by atoms with Crippen molar-refractivity contribution in [2.24, 2.45) is 0 Å². The van der Waals surface area contributed by atoms with E-state index in [1.54, 1.807) is 121 Å². The van der Waals surface area contributed by atoms with E-state index in [0.717, 1.165) is 22.3 Å². The quantitative estimate of drug-likeness (QED) is 0.0413. The third-order valence-electron chi connectivity index (χ3n) is 13.9. The van der Waals surface area contributed by atoms with Crippen LogP contribution in [0.4, 0.5) is 0 Å². The molecular formula is C68H62O15. The molecule has 10 rings (SSSR count). The zero-order valence-corrected chi connectivity index (χ0v) is 45.2. The zero-order chi connectivity index (χ0) is 57.0. The summed E-state index contributed by atoms with van der Waals surface area (Å²) in [4.78, 5) is 57.0. The van der Waals surface area contributed by atoms with Gasteiger partial charge in [0, 0.05) is 0 Å². The SMILES string of the molecule is O=C(OC[C@H]1O[C@H](OCc2ccccc2)[C@H](OC(=O)c2ccccc2)[C@@H](OC(=O)c2ccccc2)[C@H]1O[C@H]1O[C@H](COC(=O)c2ccccc2)[C@@H](OCc2ccccc2)[C@H](OCc2ccccc2)[C@@H]1OCc1ccccc1)c1ccccc1. The van der Waals surface area contributed by atoms with Crippen LogP contribution in [0.3, 0.4) is 0 Å². The second kappa shape index (κ2) is 29.4. The predicted octanol–water partition coefficient (Wildman–Crippen LogP) is 11.0. The molecule has 83 heavy (non-hydrogen) atoms. The van der Waals surface area contributed by atoms with E-state index in [2.05, 4.69) is 0 Å². The largest absolute Gasteiger partial charge is 0.459 e. The van der Waals surface area contributed by atoms with Crippen molar-refractivity contribution < 1.29 is 71.3 Å². The van der Waals surface area contributed by atoms with E-state index in [1.807, 2.05) is 121 Å². The van der Waals surface area contributed by atoms with E-state index in [9.17, 15) is 19.2 Å². The number of carbonyl (C=O) groups is 4. The number of hydrogen-bond acceptors (Lipinski definition) is 15. The van der Waals surface area contributed by atoms with E-state index < -0.39 is 91.9 Å². The third-order valence-corrected chi connectivity index (χ3v) is 13.9. The van der Waals surface area contributed by atoms with Crippen LogP contribution >= 0.6 is 0 Å². The van der Waals surface area contributed by atoms with Crippen molar-refractivity contribution in [2.75, 3.05) is 13.2 Å². The van der Waals surface area contributed by atoms with E-state index in [1.165, 1.54) is 0 Å². The van der Waals surface area contributed by atoms with Crippen molar-refractivity contribution >= 4 is 23.9 Å². The van der Waals surface area contributed by atoms with E-state index in [-0.39, 0.29) is 49.7 Å². The van der Waals surface area contributed by atoms with Crippen LogP contribution in [0, 0.1) is 0 Å². The van der Waals surface area contributed by atoms with Crippen LogP contribution in [0.5, 0.6) is 0 Å². The first-order valence-corrected chi connectivity index (χ1v) is 27.4. The van der Waals surface area contributed by atoms with E-state index in [0.29, 0.717) is 5.56 Å². The molecule has 0 N–H and O–H groups in total. The van der Waals surface area contributed by atoms with Gasteiger partial charge in [-0.2, -0.15) is 0 Å². The molecule has 15 nitrogen and oxygen atoms in total. The van der Waals surface area contributed by atoms with Crippen LogP contribution in [-0.2, 0) is 78.5 Å². The Morgan fingerprint density at radius 2 is 0.590 bits per heavy atom. The maximum Gasteiger partial charge on any atom is 0.338 e. The van der Waals surface area contributed by atoms with Gasteiger partial charge in [-0.1, -0.05) is 194 Å². The van der Waals surface area contributed by atoms with E-state index in [4.69, 9.17) is 52.1 Å². The van der Waals surface area contributed by atoms with Crippen LogP contribution in [0.25, 0.3) is 0 Å². The number of esters is 4. The molecule has 15 heteroatoms. The molecule has 2 aliphatic heterocycles. The lowest BCUT2D eigenvalue weighted by Gasteiger charge is -2.49. The van der Waals surface area contributed by atoms with Gasteiger partial charge in [0.15, 0.2) is 24.8 Å². The highest BCUT2D eigenvalue weighted by molar-refractivity contribution is 5.91. The first-order chi connectivity index (χ1) is 40.8. The van der Waals surface area contributed by atoms with Gasteiger partial charge in [-0.3, -0.25) is 0 Å². The summed E-state index contributed by atoms with van der Waals surface area (Å²) < 4.78 is 73.8. The van der Waals surface area contributed by atoms with Crippen LogP contribution in [0.2, 0.25) is 0 Å². The van der Waals surface area contributed by atoms with Gasteiger partial charge in [-0.25, -0.2) is 19.2 Å². The summed E-state index contributed by atoms with van der Waals surface area (Å²) in [7, 11) is 0. The van der Waals surface area contributed by atoms with Gasteiger partial charge >= 0.3 is 23.9 Å². The molecular weight excluding hydrogens is 1060 g/mol. The molecule has 0 unspecified atom stereocenters. The van der Waals surface area contributed by atoms with Crippen molar-refractivity contribution in [1.82, 2.24) is 0 Å². The second-order valence-corrected chi connectivity index (χ2v) is 19.7. The van der Waals surface area contributed by atoms with Crippen molar-refractivity contribution in [3.8, 4) is 0 Å². The molecule has 0 saturated carbocycles. The Bertz CT molecular complexity index is 3250. The minimum absolute atomic E-state index is 0.0113. The molecule has 0 bridgehead atoms. The minimum Gasteiger partial charge on any atom is -0.459 e. The highest BCUT2D eigenvalue weighted by Gasteiger charge is 2.57. The van der Waals surface area contributed by atoms with Crippen molar-refractivity contribution in [3.05, 3.63) is 287 Å². The first kappa shape index (κ1) is 57.6. The lowest BCUT2D eigenvalue weighted by Crippen LogP contribution is -2.67. The van der Waals surface area contributed by atoms with Gasteiger partial charge in [-0.05, 0) is 70.8 Å². The minimum atomic E-state index is -1.62. The van der Waals surface area contributed by atoms with E-state index >= 15 is 0 Å². The van der Waals surface area contributed by atoms with Crippen molar-refractivity contribution in [1.29, 1.82) is 0 Å². The average molecular weight is 1120 g/mol. The molecule has 2 fully saturated rings. The first-order valence-electron chi connectivity index (χ1n) is 27.4. The molecule has 2 aliphatic rings. The number of benzene rings is 8. The number of hydrogen-bond donors (Lipinski definition) is 0. The molecule has 0 aliphatic carbocycles. The zero-order valence-electron chi connectivity index (χ0n) is 45.2. The summed E-state index contributed by atoms with van der Waals surface area (Å²) in [6.45, 7) is -0.784. The summed E-state index contributed by atoms with van der Waals surface area (Å²) in [6, 6.07) is 71.3. The fourth-order valence-corrected chi connectivity index (χ4v) is 9.63. The Kier molecular flexibility index (Phi) is 20.4. The third kappa shape index (κ3) is 15.9. The number of carbonyl (C=O) groups excluding carboxylic acids is 4. The maximum absolute atomic E-state index is 14.7. The number of ether oxygens (including phenoxy) is 11. The molecule has 8 aromatic rings. The predicted molar refractivity (Wildman–Crippen MR) is 303 cm³/mol. The van der Waals surface area contributed by atoms with Crippen LogP contribution in [0.1, 0.15) is 63.7 Å². The maximum atomic E-state index is 14.7. The Morgan fingerprint density at radius 1 is 0.289 bits per heavy atom. The highest BCUT2D eigenvalue weighted by Crippen LogP contribution is 2.37. The van der Waals surface area contributed by atoms with Crippen molar-refractivity contribution in [3.63, 3.8) is 0 Å². The van der Waals surface area contributed by atoms with Gasteiger partial charge in [0.1, 0.15) is 49.8 Å². The fourth-order valence-electron chi connectivity index (χ4n) is 9.63. The molecule has 2 heterocycles. The van der Waals surface area contributed by atoms with Crippen LogP contribution in [0.15, 0.2) is 243 Å². The lowest BCUT2D eigenvalue weighted by molar-refractivity contribution is -0.369. The van der Waals surface area contributed by atoms with Gasteiger partial charge in [0.05, 0.1) is 48.7 Å². The topological polar surface area (TPSA) is 170 Å². The lowest BCUT2D eigenvalue weighted by atomic mass is 9.95. The summed E-state index contributed by atoms with van der Waals surface area (Å²) in [5.74, 6) is -2.95. The van der Waals surface area contributed by atoms with Gasteiger partial charge in [0.25, 0.3) is 0 Å².